The molecule has 3 unspecified atom stereocenters. The van der Waals surface area contributed by atoms with Crippen LogP contribution in [0, 0.1) is 5.92 Å². The van der Waals surface area contributed by atoms with Crippen molar-refractivity contribution in [2.75, 3.05) is 6.54 Å². The summed E-state index contributed by atoms with van der Waals surface area (Å²) in [6.07, 6.45) is 3.91. The fourth-order valence-electron chi connectivity index (χ4n) is 2.88. The minimum absolute atomic E-state index is 0.351. The molecule has 100 valence electrons. The Morgan fingerprint density at radius 3 is 2.83 bits per heavy atom. The van der Waals surface area contributed by atoms with Gasteiger partial charge >= 0.3 is 0 Å². The van der Waals surface area contributed by atoms with E-state index in [0.717, 1.165) is 18.7 Å². The van der Waals surface area contributed by atoms with Crippen LogP contribution in [0.3, 0.4) is 0 Å². The minimum atomic E-state index is 0.351. The van der Waals surface area contributed by atoms with Crippen LogP contribution in [0.4, 0.5) is 0 Å². The van der Waals surface area contributed by atoms with Gasteiger partial charge in [0, 0.05) is 18.0 Å². The second-order valence-electron chi connectivity index (χ2n) is 5.31. The van der Waals surface area contributed by atoms with E-state index in [9.17, 15) is 0 Å². The number of para-hydroxylation sites is 1. The molecule has 0 bridgehead atoms. The summed E-state index contributed by atoms with van der Waals surface area (Å²) in [5, 5.41) is 3.59. The van der Waals surface area contributed by atoms with Crippen LogP contribution >= 0.6 is 0 Å². The van der Waals surface area contributed by atoms with Gasteiger partial charge < -0.3 is 10.1 Å². The lowest BCUT2D eigenvalue weighted by molar-refractivity contribution is 0.0958. The second kappa shape index (κ2) is 6.24. The van der Waals surface area contributed by atoms with Crippen molar-refractivity contribution in [3.63, 3.8) is 0 Å². The quantitative estimate of drug-likeness (QED) is 0.851. The SMILES string of the molecule is CCCC(C)C1CC(NCC)c2ccccc2O1. The van der Waals surface area contributed by atoms with Crippen molar-refractivity contribution in [2.24, 2.45) is 5.92 Å². The molecule has 1 heterocycles. The van der Waals surface area contributed by atoms with Crippen LogP contribution in [0.2, 0.25) is 0 Å². The third-order valence-electron chi connectivity index (χ3n) is 3.87. The molecule has 1 aromatic rings. The molecule has 1 aromatic carbocycles. The molecule has 18 heavy (non-hydrogen) atoms. The van der Waals surface area contributed by atoms with Gasteiger partial charge in [-0.2, -0.15) is 0 Å². The van der Waals surface area contributed by atoms with Gasteiger partial charge in [-0.1, -0.05) is 45.4 Å². The topological polar surface area (TPSA) is 21.3 Å². The Bertz CT molecular complexity index is 377. The molecule has 2 nitrogen and oxygen atoms in total. The van der Waals surface area contributed by atoms with E-state index in [1.807, 2.05) is 0 Å². The Balaban J connectivity index is 2.17. The lowest BCUT2D eigenvalue weighted by Crippen LogP contribution is -2.36. The second-order valence-corrected chi connectivity index (χ2v) is 5.31. The van der Waals surface area contributed by atoms with Crippen molar-refractivity contribution in [3.8, 4) is 5.75 Å². The first-order chi connectivity index (χ1) is 8.76. The van der Waals surface area contributed by atoms with Gasteiger partial charge in [0.1, 0.15) is 11.9 Å². The summed E-state index contributed by atoms with van der Waals surface area (Å²) in [4.78, 5) is 0. The first-order valence-electron chi connectivity index (χ1n) is 7.25. The normalized spacial score (nSPS) is 24.2. The van der Waals surface area contributed by atoms with Gasteiger partial charge in [-0.15, -0.1) is 0 Å². The van der Waals surface area contributed by atoms with Gasteiger partial charge in [0.05, 0.1) is 0 Å². The van der Waals surface area contributed by atoms with Gasteiger partial charge in [0.2, 0.25) is 0 Å². The van der Waals surface area contributed by atoms with Crippen molar-refractivity contribution in [3.05, 3.63) is 29.8 Å². The van der Waals surface area contributed by atoms with Gasteiger partial charge in [-0.25, -0.2) is 0 Å². The monoisotopic (exact) mass is 247 g/mol. The van der Waals surface area contributed by atoms with Crippen molar-refractivity contribution in [1.29, 1.82) is 0 Å². The van der Waals surface area contributed by atoms with E-state index in [1.165, 1.54) is 18.4 Å². The zero-order valence-electron chi connectivity index (χ0n) is 11.8. The fourth-order valence-corrected chi connectivity index (χ4v) is 2.88. The van der Waals surface area contributed by atoms with Crippen LogP contribution in [0.5, 0.6) is 5.75 Å². The maximum atomic E-state index is 6.18. The minimum Gasteiger partial charge on any atom is -0.490 e. The summed E-state index contributed by atoms with van der Waals surface area (Å²) in [6.45, 7) is 7.73. The van der Waals surface area contributed by atoms with Gasteiger partial charge in [-0.05, 0) is 24.9 Å². The average Bonchev–Trinajstić information content (AvgIpc) is 2.39. The number of fused-ring (bicyclic) bond motifs is 1. The molecule has 0 aliphatic carbocycles. The highest BCUT2D eigenvalue weighted by Crippen LogP contribution is 2.37. The molecule has 1 aliphatic heterocycles. The maximum Gasteiger partial charge on any atom is 0.124 e. The third kappa shape index (κ3) is 2.86. The molecule has 2 heteroatoms. The molecule has 1 aliphatic rings. The molecule has 0 amide bonds. The number of ether oxygens (including phenoxy) is 1. The smallest absolute Gasteiger partial charge is 0.124 e. The zero-order chi connectivity index (χ0) is 13.0. The van der Waals surface area contributed by atoms with Crippen LogP contribution in [0.1, 0.15) is 51.6 Å². The standard InChI is InChI=1S/C16H25NO/c1-4-8-12(3)16-11-14(17-5-2)13-9-6-7-10-15(13)18-16/h6-7,9-10,12,14,16-17H,4-5,8,11H2,1-3H3. The van der Waals surface area contributed by atoms with E-state index in [0.29, 0.717) is 18.1 Å². The largest absolute Gasteiger partial charge is 0.490 e. The van der Waals surface area contributed by atoms with Crippen LogP contribution in [0.25, 0.3) is 0 Å². The van der Waals surface area contributed by atoms with E-state index < -0.39 is 0 Å². The van der Waals surface area contributed by atoms with Gasteiger partial charge in [0.25, 0.3) is 0 Å². The highest BCUT2D eigenvalue weighted by atomic mass is 16.5. The van der Waals surface area contributed by atoms with Crippen molar-refractivity contribution < 1.29 is 4.74 Å². The van der Waals surface area contributed by atoms with E-state index in [2.05, 4.69) is 50.4 Å². The molecule has 0 fully saturated rings. The number of nitrogens with one attached hydrogen (secondary N) is 1. The number of hydrogen-bond acceptors (Lipinski definition) is 2. The summed E-state index contributed by atoms with van der Waals surface area (Å²) >= 11 is 0. The molecule has 3 atom stereocenters. The predicted octanol–water partition coefficient (Wildman–Crippen LogP) is 3.92. The number of rotatable bonds is 5. The highest BCUT2D eigenvalue weighted by molar-refractivity contribution is 5.38. The molecular weight excluding hydrogens is 222 g/mol. The molecule has 1 N–H and O–H groups in total. The maximum absolute atomic E-state index is 6.18. The Morgan fingerprint density at radius 2 is 2.11 bits per heavy atom. The number of benzene rings is 1. The summed E-state index contributed by atoms with van der Waals surface area (Å²) in [5.41, 5.74) is 1.32. The predicted molar refractivity (Wildman–Crippen MR) is 76.0 cm³/mol. The molecule has 0 spiro atoms. The van der Waals surface area contributed by atoms with E-state index in [1.54, 1.807) is 0 Å². The van der Waals surface area contributed by atoms with Crippen molar-refractivity contribution in [2.45, 2.75) is 52.2 Å². The highest BCUT2D eigenvalue weighted by Gasteiger charge is 2.30. The van der Waals surface area contributed by atoms with Gasteiger partial charge in [0.15, 0.2) is 0 Å². The van der Waals surface area contributed by atoms with E-state index >= 15 is 0 Å². The summed E-state index contributed by atoms with van der Waals surface area (Å²) in [5.74, 6) is 1.70. The van der Waals surface area contributed by atoms with Crippen molar-refractivity contribution in [1.82, 2.24) is 5.32 Å². The molecule has 0 radical (unpaired) electrons. The Hall–Kier alpha value is -1.02. The Kier molecular flexibility index (Phi) is 4.65. The fraction of sp³-hybridized carbons (Fsp3) is 0.625. The van der Waals surface area contributed by atoms with Crippen LogP contribution in [-0.2, 0) is 0 Å². The average molecular weight is 247 g/mol. The molecule has 2 rings (SSSR count). The van der Waals surface area contributed by atoms with Crippen LogP contribution in [-0.4, -0.2) is 12.6 Å². The molecular formula is C16H25NO. The summed E-state index contributed by atoms with van der Waals surface area (Å²) < 4.78 is 6.18. The van der Waals surface area contributed by atoms with Crippen LogP contribution < -0.4 is 10.1 Å². The van der Waals surface area contributed by atoms with Crippen LogP contribution in [0.15, 0.2) is 24.3 Å². The lowest BCUT2D eigenvalue weighted by Gasteiger charge is -2.35. The number of hydrogen-bond donors (Lipinski definition) is 1. The summed E-state index contributed by atoms with van der Waals surface area (Å²) in [7, 11) is 0. The first-order valence-corrected chi connectivity index (χ1v) is 7.25. The molecule has 0 saturated carbocycles. The Labute approximate surface area is 111 Å². The van der Waals surface area contributed by atoms with E-state index in [4.69, 9.17) is 4.74 Å². The Morgan fingerprint density at radius 1 is 1.33 bits per heavy atom. The van der Waals surface area contributed by atoms with Crippen molar-refractivity contribution >= 4 is 0 Å². The molecule has 0 saturated heterocycles. The zero-order valence-corrected chi connectivity index (χ0v) is 11.8. The third-order valence-corrected chi connectivity index (χ3v) is 3.87. The lowest BCUT2D eigenvalue weighted by atomic mass is 9.88. The van der Waals surface area contributed by atoms with Gasteiger partial charge in [-0.3, -0.25) is 0 Å². The van der Waals surface area contributed by atoms with E-state index in [-0.39, 0.29) is 0 Å². The molecule has 0 aromatic heterocycles. The first kappa shape index (κ1) is 13.4. The summed E-state index contributed by atoms with van der Waals surface area (Å²) in [6, 6.07) is 8.90.